The molecule has 1 saturated heterocycles. The van der Waals surface area contributed by atoms with Crippen molar-refractivity contribution < 1.29 is 9.84 Å². The first kappa shape index (κ1) is 27.1. The van der Waals surface area contributed by atoms with E-state index in [1.54, 1.807) is 31.7 Å². The Morgan fingerprint density at radius 3 is 2.45 bits per heavy atom. The van der Waals surface area contributed by atoms with Gasteiger partial charge < -0.3 is 14.7 Å². The molecule has 2 atom stereocenters. The molecule has 0 radical (unpaired) electrons. The Kier molecular flexibility index (Phi) is 7.44. The Hall–Kier alpha value is -4.44. The number of piperazine rings is 1. The molecule has 4 aromatic rings. The van der Waals surface area contributed by atoms with Crippen molar-refractivity contribution >= 4 is 11.3 Å². The minimum atomic E-state index is -1.18. The molecule has 1 aliphatic heterocycles. The number of nitrogens with zero attached hydrogens (tertiary/aromatic N) is 7. The molecule has 1 aliphatic rings. The van der Waals surface area contributed by atoms with E-state index in [1.807, 2.05) is 42.7 Å². The fourth-order valence-electron chi connectivity index (χ4n) is 5.16. The monoisotopic (exact) mass is 535 g/mol. The van der Waals surface area contributed by atoms with E-state index in [2.05, 4.69) is 57.7 Å². The van der Waals surface area contributed by atoms with E-state index in [0.717, 1.165) is 42.1 Å². The first-order valence-corrected chi connectivity index (χ1v) is 13.3. The van der Waals surface area contributed by atoms with E-state index in [1.165, 1.54) is 0 Å². The van der Waals surface area contributed by atoms with Crippen LogP contribution in [-0.2, 0) is 6.54 Å². The number of fused-ring (bicyclic) bond motifs is 1. The molecule has 0 aromatic carbocycles. The van der Waals surface area contributed by atoms with Crippen LogP contribution in [0.25, 0.3) is 16.6 Å². The zero-order valence-corrected chi connectivity index (χ0v) is 23.5. The van der Waals surface area contributed by atoms with Crippen molar-refractivity contribution in [2.75, 3.05) is 25.1 Å². The van der Waals surface area contributed by atoms with Crippen LogP contribution in [0.1, 0.15) is 44.5 Å². The highest BCUT2D eigenvalue weighted by molar-refractivity contribution is 5.85. The SMILES string of the molecule is COc1ccc(CN2[C@H](C)CN(c3ccc(-c4cccn5nc(C#CC(C)(C)O)c(C#N)c45)cn3)C[C@@H]2C)cn1. The molecule has 204 valence electrons. The lowest BCUT2D eigenvalue weighted by atomic mass is 10.0. The minimum Gasteiger partial charge on any atom is -0.481 e. The summed E-state index contributed by atoms with van der Waals surface area (Å²) < 4.78 is 6.85. The van der Waals surface area contributed by atoms with Crippen LogP contribution in [0.5, 0.6) is 5.88 Å². The lowest BCUT2D eigenvalue weighted by Gasteiger charge is -2.45. The van der Waals surface area contributed by atoms with Gasteiger partial charge in [0, 0.05) is 67.5 Å². The van der Waals surface area contributed by atoms with E-state index >= 15 is 0 Å². The van der Waals surface area contributed by atoms with Gasteiger partial charge in [-0.15, -0.1) is 0 Å². The van der Waals surface area contributed by atoms with Gasteiger partial charge in [0.15, 0.2) is 5.69 Å². The summed E-state index contributed by atoms with van der Waals surface area (Å²) in [6, 6.07) is 14.8. The van der Waals surface area contributed by atoms with E-state index < -0.39 is 5.60 Å². The summed E-state index contributed by atoms with van der Waals surface area (Å²) in [5.41, 5.74) is 3.11. The maximum Gasteiger partial charge on any atom is 0.212 e. The summed E-state index contributed by atoms with van der Waals surface area (Å²) >= 11 is 0. The third kappa shape index (κ3) is 5.62. The van der Waals surface area contributed by atoms with Gasteiger partial charge >= 0.3 is 0 Å². The summed E-state index contributed by atoms with van der Waals surface area (Å²) in [6.45, 7) is 10.2. The number of nitriles is 1. The minimum absolute atomic E-state index is 0.328. The smallest absolute Gasteiger partial charge is 0.212 e. The number of hydrogen-bond acceptors (Lipinski definition) is 8. The quantitative estimate of drug-likeness (QED) is 0.384. The van der Waals surface area contributed by atoms with Gasteiger partial charge in [-0.3, -0.25) is 4.90 Å². The van der Waals surface area contributed by atoms with Crippen molar-refractivity contribution in [2.24, 2.45) is 0 Å². The Labute approximate surface area is 234 Å². The zero-order valence-electron chi connectivity index (χ0n) is 23.5. The highest BCUT2D eigenvalue weighted by Crippen LogP contribution is 2.30. The molecule has 0 spiro atoms. The molecular weight excluding hydrogens is 502 g/mol. The molecule has 9 heteroatoms. The molecule has 0 aliphatic carbocycles. The van der Waals surface area contributed by atoms with Crippen molar-refractivity contribution in [1.29, 1.82) is 5.26 Å². The van der Waals surface area contributed by atoms with E-state index in [-0.39, 0.29) is 0 Å². The molecule has 4 aromatic heterocycles. The average molecular weight is 536 g/mol. The molecule has 0 amide bonds. The second-order valence-corrected chi connectivity index (χ2v) is 10.7. The summed E-state index contributed by atoms with van der Waals surface area (Å²) in [7, 11) is 1.63. The average Bonchev–Trinajstić information content (AvgIpc) is 3.31. The number of aliphatic hydroxyl groups is 1. The maximum atomic E-state index is 10.0. The van der Waals surface area contributed by atoms with Crippen molar-refractivity contribution in [3.05, 3.63) is 71.8 Å². The van der Waals surface area contributed by atoms with Crippen LogP contribution in [0.2, 0.25) is 0 Å². The highest BCUT2D eigenvalue weighted by Gasteiger charge is 2.30. The standard InChI is InChI=1S/C31H33N7O2/c1-21-18-36(19-22(2)37(21)20-23-8-11-29(40-5)34-16-23)28-10-9-24(17-33-28)25-7-6-14-38-30(25)26(15-32)27(35-38)12-13-31(3,4)39/h6-11,14,16-17,21-22,39H,18-20H2,1-5H3/t21-,22+. The molecular formula is C31H33N7O2. The largest absolute Gasteiger partial charge is 0.481 e. The van der Waals surface area contributed by atoms with Gasteiger partial charge in [-0.25, -0.2) is 14.5 Å². The molecule has 1 N–H and O–H groups in total. The van der Waals surface area contributed by atoms with Crippen molar-refractivity contribution in [1.82, 2.24) is 24.5 Å². The summed E-state index contributed by atoms with van der Waals surface area (Å²) in [5.74, 6) is 7.17. The fourth-order valence-corrected chi connectivity index (χ4v) is 5.16. The molecule has 1 fully saturated rings. The maximum absolute atomic E-state index is 10.0. The highest BCUT2D eigenvalue weighted by atomic mass is 16.5. The Balaban J connectivity index is 1.36. The third-order valence-electron chi connectivity index (χ3n) is 7.11. The number of aromatic nitrogens is 4. The summed E-state index contributed by atoms with van der Waals surface area (Å²) in [4.78, 5) is 14.0. The molecule has 5 rings (SSSR count). The second-order valence-electron chi connectivity index (χ2n) is 10.7. The number of anilines is 1. The van der Waals surface area contributed by atoms with E-state index in [9.17, 15) is 10.4 Å². The Morgan fingerprint density at radius 1 is 1.07 bits per heavy atom. The van der Waals surface area contributed by atoms with Crippen LogP contribution < -0.4 is 9.64 Å². The zero-order chi connectivity index (χ0) is 28.4. The predicted molar refractivity (Wildman–Crippen MR) is 154 cm³/mol. The Bertz CT molecular complexity index is 1590. The van der Waals surface area contributed by atoms with E-state index in [4.69, 9.17) is 9.72 Å². The van der Waals surface area contributed by atoms with Crippen molar-refractivity contribution in [2.45, 2.75) is 51.9 Å². The van der Waals surface area contributed by atoms with Gasteiger partial charge in [0.25, 0.3) is 0 Å². The number of ether oxygens (including phenoxy) is 1. The molecule has 9 nitrogen and oxygen atoms in total. The number of methoxy groups -OCH3 is 1. The molecule has 5 heterocycles. The predicted octanol–water partition coefficient (Wildman–Crippen LogP) is 3.89. The first-order valence-electron chi connectivity index (χ1n) is 13.3. The number of rotatable bonds is 5. The molecule has 0 saturated carbocycles. The molecule has 0 bridgehead atoms. The van der Waals surface area contributed by atoms with Gasteiger partial charge in [-0.2, -0.15) is 10.4 Å². The van der Waals surface area contributed by atoms with Crippen LogP contribution in [0.4, 0.5) is 5.82 Å². The topological polar surface area (TPSA) is 103 Å². The van der Waals surface area contributed by atoms with Crippen LogP contribution in [-0.4, -0.2) is 67.5 Å². The van der Waals surface area contributed by atoms with Gasteiger partial charge in [-0.05, 0) is 57.4 Å². The summed E-state index contributed by atoms with van der Waals surface area (Å²) in [6.07, 6.45) is 5.53. The van der Waals surface area contributed by atoms with Crippen LogP contribution in [0, 0.1) is 23.2 Å². The lowest BCUT2D eigenvalue weighted by molar-refractivity contribution is 0.122. The van der Waals surface area contributed by atoms with Crippen LogP contribution >= 0.6 is 0 Å². The number of hydrogen-bond donors (Lipinski definition) is 1. The molecule has 0 unspecified atom stereocenters. The second kappa shape index (κ2) is 11.0. The summed E-state index contributed by atoms with van der Waals surface area (Å²) in [5, 5.41) is 24.4. The van der Waals surface area contributed by atoms with Gasteiger partial charge in [0.05, 0.1) is 12.6 Å². The number of pyridine rings is 3. The third-order valence-corrected chi connectivity index (χ3v) is 7.11. The van der Waals surface area contributed by atoms with Crippen molar-refractivity contribution in [3.63, 3.8) is 0 Å². The Morgan fingerprint density at radius 2 is 1.85 bits per heavy atom. The van der Waals surface area contributed by atoms with Gasteiger partial charge in [0.1, 0.15) is 23.1 Å². The first-order chi connectivity index (χ1) is 19.2. The fraction of sp³-hybridized carbons (Fsp3) is 0.355. The van der Waals surface area contributed by atoms with Crippen LogP contribution in [0.3, 0.4) is 0 Å². The lowest BCUT2D eigenvalue weighted by Crippen LogP contribution is -2.56. The van der Waals surface area contributed by atoms with E-state index in [0.29, 0.717) is 34.7 Å². The van der Waals surface area contributed by atoms with Crippen LogP contribution in [0.15, 0.2) is 55.0 Å². The van der Waals surface area contributed by atoms with Crippen molar-refractivity contribution in [3.8, 4) is 34.9 Å². The normalized spacial score (nSPS) is 17.8. The van der Waals surface area contributed by atoms with Gasteiger partial charge in [-0.1, -0.05) is 18.1 Å². The van der Waals surface area contributed by atoms with Gasteiger partial charge in [0.2, 0.25) is 5.88 Å². The molecule has 40 heavy (non-hydrogen) atoms.